The van der Waals surface area contributed by atoms with Gasteiger partial charge >= 0.3 is 0 Å². The van der Waals surface area contributed by atoms with E-state index in [4.69, 9.17) is 0 Å². The van der Waals surface area contributed by atoms with Crippen molar-refractivity contribution >= 4 is 11.8 Å². The van der Waals surface area contributed by atoms with Gasteiger partial charge in [0.15, 0.2) is 0 Å². The summed E-state index contributed by atoms with van der Waals surface area (Å²) in [5.41, 5.74) is 0. The van der Waals surface area contributed by atoms with Crippen molar-refractivity contribution in [2.75, 3.05) is 24.6 Å². The summed E-state index contributed by atoms with van der Waals surface area (Å²) in [5.74, 6) is 5.69. The van der Waals surface area contributed by atoms with Gasteiger partial charge in [0.05, 0.1) is 0 Å². The zero-order valence-corrected chi connectivity index (χ0v) is 11.5. The Morgan fingerprint density at radius 3 is 2.50 bits per heavy atom. The molecule has 2 rings (SSSR count). The van der Waals surface area contributed by atoms with Gasteiger partial charge in [-0.25, -0.2) is 0 Å². The maximum atomic E-state index is 3.75. The highest BCUT2D eigenvalue weighted by atomic mass is 32.2. The molecule has 1 aliphatic carbocycles. The van der Waals surface area contributed by atoms with E-state index in [0.29, 0.717) is 0 Å². The molecular formula is C14H27NS. The maximum Gasteiger partial charge on any atom is -0.00179 e. The number of rotatable bonds is 4. The van der Waals surface area contributed by atoms with Crippen LogP contribution < -0.4 is 5.32 Å². The second-order valence-electron chi connectivity index (χ2n) is 5.74. The molecule has 2 atom stereocenters. The summed E-state index contributed by atoms with van der Waals surface area (Å²) >= 11 is 2.13. The van der Waals surface area contributed by atoms with Crippen LogP contribution in [0.5, 0.6) is 0 Å². The largest absolute Gasteiger partial charge is 0.316 e. The molecule has 94 valence electrons. The monoisotopic (exact) mass is 241 g/mol. The Labute approximate surface area is 105 Å². The molecule has 1 aliphatic heterocycles. The van der Waals surface area contributed by atoms with Crippen LogP contribution in [0.3, 0.4) is 0 Å². The molecule has 2 unspecified atom stereocenters. The normalized spacial score (nSPS) is 32.8. The summed E-state index contributed by atoms with van der Waals surface area (Å²) in [7, 11) is 0. The Hall–Kier alpha value is 0.310. The lowest BCUT2D eigenvalue weighted by atomic mass is 9.80. The molecule has 0 aromatic rings. The van der Waals surface area contributed by atoms with Gasteiger partial charge in [0.1, 0.15) is 0 Å². The molecule has 0 radical (unpaired) electrons. The van der Waals surface area contributed by atoms with Gasteiger partial charge in [-0.2, -0.15) is 11.8 Å². The molecule has 2 heteroatoms. The van der Waals surface area contributed by atoms with Crippen LogP contribution in [0.1, 0.15) is 45.4 Å². The lowest BCUT2D eigenvalue weighted by Crippen LogP contribution is -2.33. The molecule has 2 aliphatic rings. The Kier molecular flexibility index (Phi) is 5.51. The van der Waals surface area contributed by atoms with Gasteiger partial charge in [0.2, 0.25) is 0 Å². The zero-order valence-electron chi connectivity index (χ0n) is 10.7. The SMILES string of the molecule is CC1CCCCC1CNCC1CCSCC1. The molecule has 0 aromatic heterocycles. The smallest absolute Gasteiger partial charge is 0.00179 e. The minimum Gasteiger partial charge on any atom is -0.316 e. The number of nitrogens with one attached hydrogen (secondary N) is 1. The highest BCUT2D eigenvalue weighted by Gasteiger charge is 2.21. The summed E-state index contributed by atoms with van der Waals surface area (Å²) in [6.45, 7) is 5.01. The predicted molar refractivity (Wildman–Crippen MR) is 74.0 cm³/mol. The van der Waals surface area contributed by atoms with Crippen LogP contribution >= 0.6 is 11.8 Å². The Morgan fingerprint density at radius 2 is 1.75 bits per heavy atom. The molecule has 0 amide bonds. The van der Waals surface area contributed by atoms with Crippen LogP contribution in [0.25, 0.3) is 0 Å². The lowest BCUT2D eigenvalue weighted by Gasteiger charge is -2.30. The lowest BCUT2D eigenvalue weighted by molar-refractivity contribution is 0.243. The van der Waals surface area contributed by atoms with Gasteiger partial charge in [-0.15, -0.1) is 0 Å². The van der Waals surface area contributed by atoms with E-state index in [1.165, 1.54) is 63.1 Å². The molecule has 0 bridgehead atoms. The highest BCUT2D eigenvalue weighted by molar-refractivity contribution is 7.99. The molecule has 0 spiro atoms. The number of hydrogen-bond donors (Lipinski definition) is 1. The van der Waals surface area contributed by atoms with Crippen molar-refractivity contribution in [3.8, 4) is 0 Å². The van der Waals surface area contributed by atoms with Crippen molar-refractivity contribution in [2.45, 2.75) is 45.4 Å². The first-order valence-corrected chi connectivity index (χ1v) is 8.30. The standard InChI is InChI=1S/C14H27NS/c1-12-4-2-3-5-14(12)11-15-10-13-6-8-16-9-7-13/h12-15H,2-11H2,1H3. The van der Waals surface area contributed by atoms with Crippen LogP contribution in [-0.4, -0.2) is 24.6 Å². The van der Waals surface area contributed by atoms with Gasteiger partial charge in [0, 0.05) is 0 Å². The Balaban J connectivity index is 1.59. The molecule has 2 fully saturated rings. The van der Waals surface area contributed by atoms with Crippen molar-refractivity contribution in [3.63, 3.8) is 0 Å². The van der Waals surface area contributed by atoms with Crippen LogP contribution in [0.15, 0.2) is 0 Å². The van der Waals surface area contributed by atoms with Crippen molar-refractivity contribution in [2.24, 2.45) is 17.8 Å². The van der Waals surface area contributed by atoms with Crippen molar-refractivity contribution in [1.82, 2.24) is 5.32 Å². The molecule has 1 saturated carbocycles. The zero-order chi connectivity index (χ0) is 11.2. The average molecular weight is 241 g/mol. The van der Waals surface area contributed by atoms with Crippen molar-refractivity contribution in [3.05, 3.63) is 0 Å². The van der Waals surface area contributed by atoms with Crippen molar-refractivity contribution < 1.29 is 0 Å². The third-order valence-electron chi connectivity index (χ3n) is 4.47. The average Bonchev–Trinajstić information content (AvgIpc) is 2.33. The molecule has 1 heterocycles. The van der Waals surface area contributed by atoms with E-state index in [0.717, 1.165) is 17.8 Å². The van der Waals surface area contributed by atoms with Gasteiger partial charge in [-0.05, 0) is 61.6 Å². The second kappa shape index (κ2) is 6.90. The van der Waals surface area contributed by atoms with Gasteiger partial charge in [0.25, 0.3) is 0 Å². The van der Waals surface area contributed by atoms with E-state index >= 15 is 0 Å². The molecule has 1 nitrogen and oxygen atoms in total. The third kappa shape index (κ3) is 3.96. The minimum atomic E-state index is 0.961. The van der Waals surface area contributed by atoms with Crippen LogP contribution in [-0.2, 0) is 0 Å². The minimum absolute atomic E-state index is 0.961. The fraction of sp³-hybridized carbons (Fsp3) is 1.00. The van der Waals surface area contributed by atoms with E-state index in [2.05, 4.69) is 24.0 Å². The van der Waals surface area contributed by atoms with E-state index in [1.54, 1.807) is 0 Å². The number of hydrogen-bond acceptors (Lipinski definition) is 2. The first-order chi connectivity index (χ1) is 7.86. The van der Waals surface area contributed by atoms with E-state index < -0.39 is 0 Å². The summed E-state index contributed by atoms with van der Waals surface area (Å²) in [5, 5.41) is 3.75. The summed E-state index contributed by atoms with van der Waals surface area (Å²) in [4.78, 5) is 0. The van der Waals surface area contributed by atoms with E-state index in [1.807, 2.05) is 0 Å². The maximum absolute atomic E-state index is 3.75. The van der Waals surface area contributed by atoms with Gasteiger partial charge < -0.3 is 5.32 Å². The second-order valence-corrected chi connectivity index (χ2v) is 6.96. The quantitative estimate of drug-likeness (QED) is 0.808. The first kappa shape index (κ1) is 12.8. The van der Waals surface area contributed by atoms with E-state index in [-0.39, 0.29) is 0 Å². The topological polar surface area (TPSA) is 12.0 Å². The van der Waals surface area contributed by atoms with Gasteiger partial charge in [-0.3, -0.25) is 0 Å². The van der Waals surface area contributed by atoms with Crippen molar-refractivity contribution in [1.29, 1.82) is 0 Å². The van der Waals surface area contributed by atoms with Crippen LogP contribution in [0, 0.1) is 17.8 Å². The van der Waals surface area contributed by atoms with E-state index in [9.17, 15) is 0 Å². The summed E-state index contributed by atoms with van der Waals surface area (Å²) in [6, 6.07) is 0. The molecular weight excluding hydrogens is 214 g/mol. The van der Waals surface area contributed by atoms with Crippen LogP contribution in [0.2, 0.25) is 0 Å². The molecule has 1 saturated heterocycles. The highest BCUT2D eigenvalue weighted by Crippen LogP contribution is 2.29. The predicted octanol–water partition coefficient (Wildman–Crippen LogP) is 3.55. The first-order valence-electron chi connectivity index (χ1n) is 7.14. The molecule has 0 aromatic carbocycles. The molecule has 1 N–H and O–H groups in total. The Morgan fingerprint density at radius 1 is 1.00 bits per heavy atom. The fourth-order valence-electron chi connectivity index (χ4n) is 3.12. The number of thioether (sulfide) groups is 1. The Bertz CT molecular complexity index is 189. The van der Waals surface area contributed by atoms with Crippen LogP contribution in [0.4, 0.5) is 0 Å². The third-order valence-corrected chi connectivity index (χ3v) is 5.52. The summed E-state index contributed by atoms with van der Waals surface area (Å²) in [6.07, 6.45) is 8.76. The fourth-order valence-corrected chi connectivity index (χ4v) is 4.32. The van der Waals surface area contributed by atoms with Gasteiger partial charge in [-0.1, -0.05) is 26.2 Å². The molecule has 16 heavy (non-hydrogen) atoms. The summed E-state index contributed by atoms with van der Waals surface area (Å²) < 4.78 is 0.